The van der Waals surface area contributed by atoms with E-state index in [1.54, 1.807) is 0 Å². The van der Waals surface area contributed by atoms with Crippen molar-refractivity contribution in [2.45, 2.75) is 46.0 Å². The summed E-state index contributed by atoms with van der Waals surface area (Å²) in [6.07, 6.45) is 15.5. The Labute approximate surface area is 218 Å². The van der Waals surface area contributed by atoms with E-state index in [0.717, 1.165) is 76.5 Å². The van der Waals surface area contributed by atoms with Crippen LogP contribution in [0.25, 0.3) is 38.9 Å². The van der Waals surface area contributed by atoms with Gasteiger partial charge in [-0.3, -0.25) is 10.1 Å². The van der Waals surface area contributed by atoms with Crippen LogP contribution in [0.1, 0.15) is 51.6 Å². The van der Waals surface area contributed by atoms with Crippen LogP contribution in [0.3, 0.4) is 0 Å². The molecule has 0 amide bonds. The van der Waals surface area contributed by atoms with Crippen LogP contribution in [0, 0.1) is 0 Å². The van der Waals surface area contributed by atoms with Crippen LogP contribution < -0.4 is 10.2 Å². The van der Waals surface area contributed by atoms with E-state index >= 15 is 0 Å². The smallest absolute Gasteiger partial charge is 0.135 e. The molecule has 5 rings (SSSR count). The molecule has 0 atom stereocenters. The highest BCUT2D eigenvalue weighted by molar-refractivity contribution is 5.98. The number of hydrogen-bond acceptors (Lipinski definition) is 5. The van der Waals surface area contributed by atoms with E-state index in [0.29, 0.717) is 0 Å². The van der Waals surface area contributed by atoms with E-state index in [2.05, 4.69) is 68.7 Å². The molecule has 4 aromatic rings. The molecular formula is C30H35N7. The van der Waals surface area contributed by atoms with Gasteiger partial charge < -0.3 is 15.2 Å². The van der Waals surface area contributed by atoms with Crippen molar-refractivity contribution in [1.29, 1.82) is 0 Å². The van der Waals surface area contributed by atoms with E-state index in [9.17, 15) is 0 Å². The van der Waals surface area contributed by atoms with Crippen LogP contribution >= 0.6 is 0 Å². The summed E-state index contributed by atoms with van der Waals surface area (Å²) in [7, 11) is 0. The van der Waals surface area contributed by atoms with Gasteiger partial charge in [0.25, 0.3) is 0 Å². The van der Waals surface area contributed by atoms with Crippen molar-refractivity contribution in [3.63, 3.8) is 0 Å². The second kappa shape index (κ2) is 10.9. The van der Waals surface area contributed by atoms with Crippen molar-refractivity contribution in [3.05, 3.63) is 79.1 Å². The molecule has 1 aliphatic heterocycles. The predicted octanol–water partition coefficient (Wildman–Crippen LogP) is 6.87. The van der Waals surface area contributed by atoms with E-state index in [1.807, 2.05) is 37.5 Å². The molecule has 7 nitrogen and oxygen atoms in total. The number of hydrogen-bond donors (Lipinski definition) is 3. The zero-order chi connectivity index (χ0) is 25.8. The molecule has 3 N–H and O–H groups in total. The number of piperidine rings is 1. The van der Waals surface area contributed by atoms with Crippen LogP contribution in [-0.2, 0) is 0 Å². The van der Waals surface area contributed by atoms with Crippen LogP contribution in [0.15, 0.2) is 73.4 Å². The first-order chi connectivity index (χ1) is 18.1. The predicted molar refractivity (Wildman–Crippen MR) is 154 cm³/mol. The average Bonchev–Trinajstić information content (AvgIpc) is 3.55. The quantitative estimate of drug-likeness (QED) is 0.222. The summed E-state index contributed by atoms with van der Waals surface area (Å²) in [5, 5.41) is 12.3. The molecule has 37 heavy (non-hydrogen) atoms. The van der Waals surface area contributed by atoms with Crippen molar-refractivity contribution in [2.24, 2.45) is 0 Å². The van der Waals surface area contributed by atoms with Gasteiger partial charge in [0.2, 0.25) is 0 Å². The molecule has 0 unspecified atom stereocenters. The Morgan fingerprint density at radius 2 is 2.00 bits per heavy atom. The van der Waals surface area contributed by atoms with Crippen molar-refractivity contribution < 1.29 is 0 Å². The summed E-state index contributed by atoms with van der Waals surface area (Å²) in [6.45, 7) is 14.4. The molecule has 1 fully saturated rings. The second-order valence-corrected chi connectivity index (χ2v) is 9.54. The van der Waals surface area contributed by atoms with E-state index in [1.165, 1.54) is 30.3 Å². The Bertz CT molecular complexity index is 1490. The highest BCUT2D eigenvalue weighted by Crippen LogP contribution is 2.33. The number of aromatic nitrogens is 5. The fourth-order valence-electron chi connectivity index (χ4n) is 4.99. The lowest BCUT2D eigenvalue weighted by Crippen LogP contribution is -2.29. The molecule has 190 valence electrons. The molecule has 4 aromatic heterocycles. The number of rotatable bonds is 9. The van der Waals surface area contributed by atoms with Gasteiger partial charge in [-0.15, -0.1) is 0 Å². The lowest BCUT2D eigenvalue weighted by Gasteiger charge is -2.28. The first-order valence-electron chi connectivity index (χ1n) is 13.1. The Balaban J connectivity index is 1.51. The molecule has 0 aromatic carbocycles. The summed E-state index contributed by atoms with van der Waals surface area (Å²) < 4.78 is 0. The number of pyridine rings is 2. The average molecular weight is 494 g/mol. The van der Waals surface area contributed by atoms with Crippen LogP contribution in [0.4, 0.5) is 5.69 Å². The van der Waals surface area contributed by atoms with Gasteiger partial charge in [-0.05, 0) is 68.5 Å². The minimum Gasteiger partial charge on any atom is -0.370 e. The summed E-state index contributed by atoms with van der Waals surface area (Å²) >= 11 is 0. The maximum Gasteiger partial charge on any atom is 0.135 e. The standard InChI is InChI=1S/C30H35N7/c1-5-11-20(4)32-22(7-3)16-21(6-2)24-12-13-25-29(34-24)30(36-35-25)26-17-23-27(33-26)18-31-19-28(23)37-14-9-8-10-15-37/h6-7,12-13,16-19,32-33H,3-5,8-11,14-15H2,1-2H3,(H,35,36)/b21-6+,22-16+. The highest BCUT2D eigenvalue weighted by Gasteiger charge is 2.18. The monoisotopic (exact) mass is 493 g/mol. The van der Waals surface area contributed by atoms with Crippen molar-refractivity contribution in [2.75, 3.05) is 18.0 Å². The van der Waals surface area contributed by atoms with E-state index < -0.39 is 0 Å². The fraction of sp³-hybridized carbons (Fsp3) is 0.300. The van der Waals surface area contributed by atoms with Gasteiger partial charge in [-0.25, -0.2) is 4.98 Å². The third kappa shape index (κ3) is 5.07. The SMILES string of the molecule is C=C/C(=C\C(=C/C)c1ccc2[nH]nc(-c3cc4c(N5CCCCC5)cncc4[nH]3)c2n1)NC(=C)CCC. The highest BCUT2D eigenvalue weighted by atomic mass is 15.1. The minimum absolute atomic E-state index is 0.801. The molecule has 0 aliphatic carbocycles. The number of fused-ring (bicyclic) bond motifs is 2. The molecule has 0 saturated carbocycles. The zero-order valence-electron chi connectivity index (χ0n) is 21.8. The topological polar surface area (TPSA) is 85.5 Å². The number of nitrogens with zero attached hydrogens (tertiary/aromatic N) is 4. The summed E-state index contributed by atoms with van der Waals surface area (Å²) in [5.74, 6) is 0. The van der Waals surface area contributed by atoms with E-state index in [-0.39, 0.29) is 0 Å². The third-order valence-corrected chi connectivity index (χ3v) is 6.89. The molecule has 5 heterocycles. The van der Waals surface area contributed by atoms with Crippen molar-refractivity contribution in [3.8, 4) is 11.4 Å². The number of aromatic amines is 2. The van der Waals surface area contributed by atoms with Gasteiger partial charge >= 0.3 is 0 Å². The maximum atomic E-state index is 5.03. The van der Waals surface area contributed by atoms with Gasteiger partial charge in [-0.2, -0.15) is 5.10 Å². The van der Waals surface area contributed by atoms with E-state index in [4.69, 9.17) is 4.98 Å². The number of anilines is 1. The Morgan fingerprint density at radius 1 is 1.16 bits per heavy atom. The van der Waals surface area contributed by atoms with Crippen LogP contribution in [-0.4, -0.2) is 38.2 Å². The Hall–Kier alpha value is -4.13. The second-order valence-electron chi connectivity index (χ2n) is 9.54. The van der Waals surface area contributed by atoms with Crippen molar-refractivity contribution >= 4 is 33.2 Å². The molecule has 0 spiro atoms. The van der Waals surface area contributed by atoms with Gasteiger partial charge in [-0.1, -0.05) is 32.6 Å². The molecule has 7 heteroatoms. The number of H-pyrrole nitrogens is 2. The summed E-state index contributed by atoms with van der Waals surface area (Å²) in [5.41, 5.74) is 9.38. The number of nitrogens with one attached hydrogen (secondary N) is 3. The summed E-state index contributed by atoms with van der Waals surface area (Å²) in [6, 6.07) is 6.23. The molecular weight excluding hydrogens is 458 g/mol. The zero-order valence-corrected chi connectivity index (χ0v) is 21.8. The first kappa shape index (κ1) is 24.6. The van der Waals surface area contributed by atoms with Crippen LogP contribution in [0.5, 0.6) is 0 Å². The first-order valence-corrected chi connectivity index (χ1v) is 13.1. The van der Waals surface area contributed by atoms with Gasteiger partial charge in [0.1, 0.15) is 11.2 Å². The minimum atomic E-state index is 0.801. The lowest BCUT2D eigenvalue weighted by molar-refractivity contribution is 0.578. The lowest BCUT2D eigenvalue weighted by atomic mass is 10.1. The number of allylic oxidation sites excluding steroid dienone is 5. The molecule has 0 bridgehead atoms. The third-order valence-electron chi connectivity index (χ3n) is 6.89. The summed E-state index contributed by atoms with van der Waals surface area (Å²) in [4.78, 5) is 15.5. The largest absolute Gasteiger partial charge is 0.370 e. The molecule has 1 saturated heterocycles. The molecule has 1 aliphatic rings. The normalized spacial score (nSPS) is 14.9. The van der Waals surface area contributed by atoms with Crippen LogP contribution in [0.2, 0.25) is 0 Å². The van der Waals surface area contributed by atoms with Crippen molar-refractivity contribution in [1.82, 2.24) is 30.5 Å². The maximum absolute atomic E-state index is 5.03. The Kier molecular flexibility index (Phi) is 7.21. The van der Waals surface area contributed by atoms with Gasteiger partial charge in [0.15, 0.2) is 0 Å². The van der Waals surface area contributed by atoms with Gasteiger partial charge in [0.05, 0.1) is 40.5 Å². The Morgan fingerprint density at radius 3 is 2.76 bits per heavy atom. The van der Waals surface area contributed by atoms with Gasteiger partial charge in [0, 0.05) is 29.9 Å². The molecule has 0 radical (unpaired) electrons. The fourth-order valence-corrected chi connectivity index (χ4v) is 4.99.